The van der Waals surface area contributed by atoms with Crippen molar-refractivity contribution in [2.45, 2.75) is 44.9 Å². The van der Waals surface area contributed by atoms with Crippen LogP contribution < -0.4 is 11.5 Å². The molecular formula is C19H22N2. The van der Waals surface area contributed by atoms with Crippen molar-refractivity contribution in [1.82, 2.24) is 0 Å². The summed E-state index contributed by atoms with van der Waals surface area (Å²) < 4.78 is 0. The molecule has 2 nitrogen and oxygen atoms in total. The smallest absolute Gasteiger partial charge is 0.0346 e. The predicted octanol–water partition coefficient (Wildman–Crippen LogP) is 4.03. The molecule has 2 bridgehead atoms. The van der Waals surface area contributed by atoms with E-state index in [0.29, 0.717) is 11.8 Å². The van der Waals surface area contributed by atoms with Crippen molar-refractivity contribution < 1.29 is 0 Å². The van der Waals surface area contributed by atoms with Crippen molar-refractivity contribution in [2.75, 3.05) is 11.5 Å². The Morgan fingerprint density at radius 2 is 1.48 bits per heavy atom. The van der Waals surface area contributed by atoms with Crippen LogP contribution in [0.25, 0.3) is 0 Å². The van der Waals surface area contributed by atoms with Gasteiger partial charge in [0, 0.05) is 17.3 Å². The van der Waals surface area contributed by atoms with Gasteiger partial charge in [0.2, 0.25) is 0 Å². The number of fused-ring (bicyclic) bond motifs is 1. The Kier molecular flexibility index (Phi) is 2.59. The number of nitrogen functional groups attached to an aromatic ring is 2. The molecule has 0 heterocycles. The third kappa shape index (κ3) is 1.78. The molecule has 2 aromatic rings. The number of rotatable bonds is 0. The summed E-state index contributed by atoms with van der Waals surface area (Å²) in [4.78, 5) is 0. The molecule has 0 saturated carbocycles. The second kappa shape index (κ2) is 4.27. The first-order valence-electron chi connectivity index (χ1n) is 7.83. The minimum Gasteiger partial charge on any atom is -0.399 e. The number of anilines is 2. The Hall–Kier alpha value is -1.96. The summed E-state index contributed by atoms with van der Waals surface area (Å²) in [6, 6.07) is 9.06. The Morgan fingerprint density at radius 3 is 2.24 bits per heavy atom. The van der Waals surface area contributed by atoms with Crippen LogP contribution in [0.2, 0.25) is 0 Å². The Bertz CT molecular complexity index is 746. The normalized spacial score (nSPS) is 22.6. The number of aryl methyl sites for hydroxylation is 2. The second-order valence-corrected chi connectivity index (χ2v) is 6.78. The standard InChI is InChI=1S/C19H22N2/c1-10-5-13-7-12-3-4-14(16(13)9-18(10)20)17-6-11(2)19(21)8-15(12)17/h5-6,8-9,12,14H,3-4,7,20-21H2,1-2H3. The zero-order chi connectivity index (χ0) is 14.7. The lowest BCUT2D eigenvalue weighted by Gasteiger charge is -2.29. The highest BCUT2D eigenvalue weighted by Gasteiger charge is 2.34. The Balaban J connectivity index is 1.98. The molecule has 3 aliphatic rings. The van der Waals surface area contributed by atoms with Gasteiger partial charge in [0.05, 0.1) is 0 Å². The van der Waals surface area contributed by atoms with Gasteiger partial charge in [-0.05, 0) is 84.5 Å². The molecule has 108 valence electrons. The fourth-order valence-corrected chi connectivity index (χ4v) is 4.20. The summed E-state index contributed by atoms with van der Waals surface area (Å²) in [6.45, 7) is 4.22. The molecule has 0 saturated heterocycles. The van der Waals surface area contributed by atoms with E-state index in [1.807, 2.05) is 0 Å². The van der Waals surface area contributed by atoms with Crippen LogP contribution in [0, 0.1) is 13.8 Å². The molecule has 3 aliphatic carbocycles. The van der Waals surface area contributed by atoms with Crippen molar-refractivity contribution in [3.63, 3.8) is 0 Å². The second-order valence-electron chi connectivity index (χ2n) is 6.78. The molecule has 0 fully saturated rings. The van der Waals surface area contributed by atoms with E-state index < -0.39 is 0 Å². The van der Waals surface area contributed by atoms with Crippen LogP contribution in [0.1, 0.15) is 58.1 Å². The summed E-state index contributed by atoms with van der Waals surface area (Å²) >= 11 is 0. The van der Waals surface area contributed by atoms with Crippen molar-refractivity contribution >= 4 is 11.4 Å². The van der Waals surface area contributed by atoms with Gasteiger partial charge in [0.15, 0.2) is 0 Å². The van der Waals surface area contributed by atoms with Gasteiger partial charge < -0.3 is 11.5 Å². The third-order valence-electron chi connectivity index (χ3n) is 5.46. The van der Waals surface area contributed by atoms with E-state index in [-0.39, 0.29) is 0 Å². The topological polar surface area (TPSA) is 52.0 Å². The zero-order valence-corrected chi connectivity index (χ0v) is 12.7. The van der Waals surface area contributed by atoms with Gasteiger partial charge >= 0.3 is 0 Å². The van der Waals surface area contributed by atoms with Crippen molar-refractivity contribution in [3.05, 3.63) is 57.6 Å². The predicted molar refractivity (Wildman–Crippen MR) is 88.7 cm³/mol. The zero-order valence-electron chi connectivity index (χ0n) is 12.7. The molecule has 0 spiro atoms. The average molecular weight is 278 g/mol. The van der Waals surface area contributed by atoms with Gasteiger partial charge in [0.1, 0.15) is 0 Å². The van der Waals surface area contributed by atoms with Crippen molar-refractivity contribution in [2.24, 2.45) is 0 Å². The summed E-state index contributed by atoms with van der Waals surface area (Å²) in [7, 11) is 0. The highest BCUT2D eigenvalue weighted by molar-refractivity contribution is 5.61. The molecule has 2 aromatic carbocycles. The molecular weight excluding hydrogens is 256 g/mol. The van der Waals surface area contributed by atoms with Crippen molar-refractivity contribution in [3.8, 4) is 0 Å². The van der Waals surface area contributed by atoms with Crippen LogP contribution in [-0.2, 0) is 6.42 Å². The summed E-state index contributed by atoms with van der Waals surface area (Å²) in [5.41, 5.74) is 22.5. The molecule has 2 unspecified atom stereocenters. The SMILES string of the molecule is Cc1cc2c(cc1N)C1CCC2c2cc(N)c(C)cc2C1. The summed E-state index contributed by atoms with van der Waals surface area (Å²) in [5, 5.41) is 0. The highest BCUT2D eigenvalue weighted by atomic mass is 14.6. The minimum atomic E-state index is 0.496. The maximum atomic E-state index is 6.18. The molecule has 0 aromatic heterocycles. The molecule has 4 N–H and O–H groups in total. The maximum absolute atomic E-state index is 6.18. The minimum absolute atomic E-state index is 0.496. The number of nitrogens with two attached hydrogens (primary N) is 2. The van der Waals surface area contributed by atoms with Crippen molar-refractivity contribution in [1.29, 1.82) is 0 Å². The van der Waals surface area contributed by atoms with E-state index in [1.54, 1.807) is 0 Å². The first-order valence-corrected chi connectivity index (χ1v) is 7.83. The van der Waals surface area contributed by atoms with Gasteiger partial charge in [-0.3, -0.25) is 0 Å². The first-order chi connectivity index (χ1) is 10.0. The lowest BCUT2D eigenvalue weighted by molar-refractivity contribution is 0.542. The van der Waals surface area contributed by atoms with Crippen LogP contribution in [0.4, 0.5) is 11.4 Å². The van der Waals surface area contributed by atoms with Gasteiger partial charge in [-0.25, -0.2) is 0 Å². The van der Waals surface area contributed by atoms with E-state index in [0.717, 1.165) is 17.8 Å². The Morgan fingerprint density at radius 1 is 0.810 bits per heavy atom. The third-order valence-corrected chi connectivity index (χ3v) is 5.46. The lowest BCUT2D eigenvalue weighted by atomic mass is 9.76. The summed E-state index contributed by atoms with van der Waals surface area (Å²) in [6.07, 6.45) is 3.62. The van der Waals surface area contributed by atoms with Crippen LogP contribution in [0.5, 0.6) is 0 Å². The quantitative estimate of drug-likeness (QED) is 0.715. The van der Waals surface area contributed by atoms with Crippen LogP contribution in [0.3, 0.4) is 0 Å². The van der Waals surface area contributed by atoms with E-state index in [9.17, 15) is 0 Å². The largest absolute Gasteiger partial charge is 0.399 e. The molecule has 2 heteroatoms. The van der Waals surface area contributed by atoms with E-state index in [4.69, 9.17) is 11.5 Å². The average Bonchev–Trinajstić information content (AvgIpc) is 2.67. The molecule has 2 atom stereocenters. The fourth-order valence-electron chi connectivity index (χ4n) is 4.20. The molecule has 0 amide bonds. The maximum Gasteiger partial charge on any atom is 0.0346 e. The number of hydrogen-bond donors (Lipinski definition) is 2. The van der Waals surface area contributed by atoms with Crippen LogP contribution >= 0.6 is 0 Å². The highest BCUT2D eigenvalue weighted by Crippen LogP contribution is 2.50. The van der Waals surface area contributed by atoms with E-state index in [1.165, 1.54) is 46.2 Å². The van der Waals surface area contributed by atoms with E-state index in [2.05, 4.69) is 38.1 Å². The molecule has 0 aliphatic heterocycles. The lowest BCUT2D eigenvalue weighted by Crippen LogP contribution is -2.13. The summed E-state index contributed by atoms with van der Waals surface area (Å²) in [5.74, 6) is 1.11. The van der Waals surface area contributed by atoms with E-state index >= 15 is 0 Å². The monoisotopic (exact) mass is 278 g/mol. The molecule has 0 radical (unpaired) electrons. The molecule has 21 heavy (non-hydrogen) atoms. The van der Waals surface area contributed by atoms with Gasteiger partial charge in [-0.15, -0.1) is 0 Å². The van der Waals surface area contributed by atoms with Gasteiger partial charge in [0.25, 0.3) is 0 Å². The first kappa shape index (κ1) is 12.8. The Labute approximate surface area is 126 Å². The van der Waals surface area contributed by atoms with Gasteiger partial charge in [-0.1, -0.05) is 12.1 Å². The fraction of sp³-hybridized carbons (Fsp3) is 0.368. The number of hydrogen-bond acceptors (Lipinski definition) is 2. The van der Waals surface area contributed by atoms with Crippen LogP contribution in [0.15, 0.2) is 24.3 Å². The number of benzene rings is 2. The van der Waals surface area contributed by atoms with Gasteiger partial charge in [-0.2, -0.15) is 0 Å². The van der Waals surface area contributed by atoms with Crippen LogP contribution in [-0.4, -0.2) is 0 Å². The molecule has 5 rings (SSSR count).